The van der Waals surface area contributed by atoms with Crippen LogP contribution >= 0.6 is 0 Å². The fraction of sp³-hybridized carbons (Fsp3) is 0. The van der Waals surface area contributed by atoms with E-state index in [0.717, 1.165) is 60.7 Å². The summed E-state index contributed by atoms with van der Waals surface area (Å²) in [5.74, 6) is 1.62. The highest BCUT2D eigenvalue weighted by molar-refractivity contribution is 6.09. The van der Waals surface area contributed by atoms with E-state index in [9.17, 15) is 0 Å². The normalized spacial score (nSPS) is 11.7. The highest BCUT2D eigenvalue weighted by Gasteiger charge is 2.17. The van der Waals surface area contributed by atoms with Crippen molar-refractivity contribution in [1.82, 2.24) is 24.5 Å². The van der Waals surface area contributed by atoms with Crippen molar-refractivity contribution in [2.75, 3.05) is 0 Å². The largest absolute Gasteiger partial charge is 0.456 e. The van der Waals surface area contributed by atoms with Gasteiger partial charge >= 0.3 is 0 Å². The smallest absolute Gasteiger partial charge is 0.182 e. The minimum atomic E-state index is 0.476. The summed E-state index contributed by atoms with van der Waals surface area (Å²) in [7, 11) is 0. The Balaban J connectivity index is 1.05. The lowest BCUT2D eigenvalue weighted by Crippen LogP contribution is -2.01. The van der Waals surface area contributed by atoms with Crippen LogP contribution in [0.4, 0.5) is 0 Å². The Morgan fingerprint density at radius 3 is 1.80 bits per heavy atom. The second kappa shape index (κ2) is 12.1. The molecule has 6 heteroatoms. The molecule has 0 fully saturated rings. The van der Waals surface area contributed by atoms with Crippen molar-refractivity contribution in [3.63, 3.8) is 0 Å². The van der Waals surface area contributed by atoms with E-state index < -0.39 is 0 Å². The SMILES string of the molecule is c1cc(-c2cccc(-n3c4ccccc4c4ccccc43)c2)cc(-c2nc(-c3ccc4ccccc4c3)nc(-c3cc4oc5ccccc5c4cn3)n2)c1. The van der Waals surface area contributed by atoms with Crippen LogP contribution in [0.5, 0.6) is 0 Å². The van der Waals surface area contributed by atoms with Gasteiger partial charge in [0.05, 0.1) is 11.0 Å². The third-order valence-corrected chi connectivity index (χ3v) is 10.3. The van der Waals surface area contributed by atoms with Crippen LogP contribution in [0, 0.1) is 0 Å². The van der Waals surface area contributed by atoms with E-state index in [1.807, 2.05) is 48.7 Å². The summed E-state index contributed by atoms with van der Waals surface area (Å²) in [6, 6.07) is 58.8. The van der Waals surface area contributed by atoms with Crippen LogP contribution in [-0.4, -0.2) is 24.5 Å². The van der Waals surface area contributed by atoms with Crippen LogP contribution in [0.3, 0.4) is 0 Å². The molecular formula is C48H29N5O. The molecule has 0 saturated heterocycles. The van der Waals surface area contributed by atoms with Gasteiger partial charge in [-0.3, -0.25) is 4.98 Å². The van der Waals surface area contributed by atoms with Crippen molar-refractivity contribution in [3.8, 4) is 51.1 Å². The Hall–Kier alpha value is -7.44. The number of para-hydroxylation sites is 3. The van der Waals surface area contributed by atoms with Gasteiger partial charge in [-0.15, -0.1) is 0 Å². The van der Waals surface area contributed by atoms with Crippen molar-refractivity contribution < 1.29 is 4.42 Å². The van der Waals surface area contributed by atoms with E-state index in [-0.39, 0.29) is 0 Å². The van der Waals surface area contributed by atoms with Gasteiger partial charge < -0.3 is 8.98 Å². The predicted molar refractivity (Wildman–Crippen MR) is 218 cm³/mol. The number of hydrogen-bond donors (Lipinski definition) is 0. The first kappa shape index (κ1) is 30.2. The summed E-state index contributed by atoms with van der Waals surface area (Å²) in [5, 5.41) is 6.73. The number of nitrogens with zero attached hydrogens (tertiary/aromatic N) is 5. The Labute approximate surface area is 309 Å². The number of pyridine rings is 1. The molecule has 6 nitrogen and oxygen atoms in total. The van der Waals surface area contributed by atoms with Gasteiger partial charge in [-0.25, -0.2) is 15.0 Å². The zero-order valence-corrected chi connectivity index (χ0v) is 28.9. The standard InChI is InChI=1S/C48H29N5O/c1-2-12-31-25-35(24-23-30(31)11-1)47-50-46(51-48(52-47)41-28-45-40(29-49-41)39-19-5-8-22-44(39)54-45)34-15-9-13-32(26-34)33-14-10-16-36(27-33)53-42-20-6-3-17-37(42)38-18-4-7-21-43(38)53/h1-29H. The molecule has 0 atom stereocenters. The Morgan fingerprint density at radius 2 is 1.00 bits per heavy atom. The van der Waals surface area contributed by atoms with Crippen molar-refractivity contribution in [2.45, 2.75) is 0 Å². The quantitative estimate of drug-likeness (QED) is 0.180. The number of aromatic nitrogens is 5. The Morgan fingerprint density at radius 1 is 0.389 bits per heavy atom. The maximum atomic E-state index is 6.23. The third kappa shape index (κ3) is 4.96. The molecule has 0 unspecified atom stereocenters. The molecule has 0 aliphatic heterocycles. The Bertz CT molecular complexity index is 3200. The molecule has 4 heterocycles. The second-order valence-corrected chi connectivity index (χ2v) is 13.5. The molecule has 0 spiro atoms. The molecular weight excluding hydrogens is 663 g/mol. The fourth-order valence-corrected chi connectivity index (χ4v) is 7.68. The van der Waals surface area contributed by atoms with Gasteiger partial charge in [0, 0.05) is 50.6 Å². The number of furan rings is 1. The summed E-state index contributed by atoms with van der Waals surface area (Å²) in [5.41, 5.74) is 9.56. The minimum absolute atomic E-state index is 0.476. The van der Waals surface area contributed by atoms with Crippen molar-refractivity contribution in [3.05, 3.63) is 176 Å². The van der Waals surface area contributed by atoms with Crippen molar-refractivity contribution >= 4 is 54.5 Å². The first-order chi connectivity index (χ1) is 26.7. The van der Waals surface area contributed by atoms with Crippen LogP contribution in [-0.2, 0) is 0 Å². The summed E-state index contributed by atoms with van der Waals surface area (Å²) >= 11 is 0. The topological polar surface area (TPSA) is 69.6 Å². The van der Waals surface area contributed by atoms with Gasteiger partial charge in [0.15, 0.2) is 17.5 Å². The molecule has 0 aliphatic rings. The van der Waals surface area contributed by atoms with Gasteiger partial charge in [0.25, 0.3) is 0 Å². The van der Waals surface area contributed by atoms with Gasteiger partial charge in [-0.1, -0.05) is 121 Å². The number of benzene rings is 7. The number of fused-ring (bicyclic) bond motifs is 7. The van der Waals surface area contributed by atoms with E-state index in [1.165, 1.54) is 21.8 Å². The second-order valence-electron chi connectivity index (χ2n) is 13.5. The average Bonchev–Trinajstić information content (AvgIpc) is 3.79. The molecule has 252 valence electrons. The van der Waals surface area contributed by atoms with Crippen LogP contribution in [0.25, 0.3) is 106 Å². The third-order valence-electron chi connectivity index (χ3n) is 10.3. The van der Waals surface area contributed by atoms with Gasteiger partial charge in [-0.2, -0.15) is 0 Å². The lowest BCUT2D eigenvalue weighted by Gasteiger charge is -2.12. The highest BCUT2D eigenvalue weighted by atomic mass is 16.3. The van der Waals surface area contributed by atoms with E-state index in [0.29, 0.717) is 23.2 Å². The zero-order chi connectivity index (χ0) is 35.6. The first-order valence-electron chi connectivity index (χ1n) is 18.0. The summed E-state index contributed by atoms with van der Waals surface area (Å²) < 4.78 is 8.57. The molecule has 11 rings (SSSR count). The summed E-state index contributed by atoms with van der Waals surface area (Å²) in [6.07, 6.45) is 1.85. The van der Waals surface area contributed by atoms with Crippen LogP contribution in [0.1, 0.15) is 0 Å². The van der Waals surface area contributed by atoms with E-state index in [1.54, 1.807) is 0 Å². The predicted octanol–water partition coefficient (Wildman–Crippen LogP) is 12.1. The van der Waals surface area contributed by atoms with E-state index in [4.69, 9.17) is 24.4 Å². The molecule has 0 bridgehead atoms. The molecule has 4 aromatic heterocycles. The summed E-state index contributed by atoms with van der Waals surface area (Å²) in [4.78, 5) is 20.0. The van der Waals surface area contributed by atoms with Gasteiger partial charge in [-0.05, 0) is 64.4 Å². The molecule has 11 aromatic rings. The minimum Gasteiger partial charge on any atom is -0.456 e. The van der Waals surface area contributed by atoms with Crippen molar-refractivity contribution in [1.29, 1.82) is 0 Å². The number of hydrogen-bond acceptors (Lipinski definition) is 5. The number of rotatable bonds is 5. The monoisotopic (exact) mass is 691 g/mol. The maximum absolute atomic E-state index is 6.23. The molecule has 0 amide bonds. The lowest BCUT2D eigenvalue weighted by atomic mass is 10.0. The van der Waals surface area contributed by atoms with Crippen LogP contribution in [0.2, 0.25) is 0 Å². The van der Waals surface area contributed by atoms with E-state index >= 15 is 0 Å². The van der Waals surface area contributed by atoms with E-state index in [2.05, 4.69) is 132 Å². The van der Waals surface area contributed by atoms with Crippen LogP contribution in [0.15, 0.2) is 180 Å². The Kier molecular flexibility index (Phi) is 6.75. The molecule has 0 radical (unpaired) electrons. The fourth-order valence-electron chi connectivity index (χ4n) is 7.68. The molecule has 0 N–H and O–H groups in total. The van der Waals surface area contributed by atoms with Crippen LogP contribution < -0.4 is 0 Å². The molecule has 7 aromatic carbocycles. The van der Waals surface area contributed by atoms with Gasteiger partial charge in [0.2, 0.25) is 0 Å². The molecule has 54 heavy (non-hydrogen) atoms. The lowest BCUT2D eigenvalue weighted by molar-refractivity contribution is 0.668. The summed E-state index contributed by atoms with van der Waals surface area (Å²) in [6.45, 7) is 0. The zero-order valence-electron chi connectivity index (χ0n) is 28.9. The maximum Gasteiger partial charge on any atom is 0.182 e. The molecule has 0 aliphatic carbocycles. The average molecular weight is 692 g/mol. The molecule has 0 saturated carbocycles. The van der Waals surface area contributed by atoms with Gasteiger partial charge in [0.1, 0.15) is 16.9 Å². The van der Waals surface area contributed by atoms with Crippen molar-refractivity contribution in [2.24, 2.45) is 0 Å². The highest BCUT2D eigenvalue weighted by Crippen LogP contribution is 2.35. The first-order valence-corrected chi connectivity index (χ1v) is 18.0.